The summed E-state index contributed by atoms with van der Waals surface area (Å²) in [6, 6.07) is 8.53. The van der Waals surface area contributed by atoms with Crippen LogP contribution in [0.25, 0.3) is 0 Å². The number of likely N-dealkylation sites (N-methyl/N-ethyl adjacent to an activating group) is 1. The van der Waals surface area contributed by atoms with Crippen LogP contribution in [0.1, 0.15) is 24.0 Å². The van der Waals surface area contributed by atoms with E-state index in [1.54, 1.807) is 0 Å². The number of halogens is 1. The zero-order valence-corrected chi connectivity index (χ0v) is 16.2. The second-order valence-electron chi connectivity index (χ2n) is 5.83. The average molecular weight is 417 g/mol. The molecule has 5 heteroatoms. The van der Waals surface area contributed by atoms with E-state index in [-0.39, 0.29) is 24.0 Å². The maximum atomic E-state index is 5.68. The van der Waals surface area contributed by atoms with Gasteiger partial charge in [0.05, 0.1) is 6.61 Å². The molecule has 1 aromatic carbocycles. The number of rotatable bonds is 7. The van der Waals surface area contributed by atoms with Crippen LogP contribution in [0.3, 0.4) is 0 Å². The van der Waals surface area contributed by atoms with Gasteiger partial charge in [0.25, 0.3) is 0 Å². The van der Waals surface area contributed by atoms with Crippen LogP contribution in [0.5, 0.6) is 0 Å². The Kier molecular flexibility index (Phi) is 8.78. The number of hydrogen-bond acceptors (Lipinski definition) is 2. The number of hydrogen-bond donors (Lipinski definition) is 1. The molecule has 1 aromatic rings. The highest BCUT2D eigenvalue weighted by molar-refractivity contribution is 14.0. The molecule has 124 valence electrons. The van der Waals surface area contributed by atoms with Crippen molar-refractivity contribution in [3.05, 3.63) is 35.4 Å². The lowest BCUT2D eigenvalue weighted by Crippen LogP contribution is -2.40. The van der Waals surface area contributed by atoms with Crippen LogP contribution in [0.15, 0.2) is 29.3 Å². The van der Waals surface area contributed by atoms with Crippen molar-refractivity contribution in [3.8, 4) is 0 Å². The molecule has 0 radical (unpaired) electrons. The van der Waals surface area contributed by atoms with Gasteiger partial charge in [-0.25, -0.2) is 0 Å². The molecule has 0 bridgehead atoms. The SMILES string of the molecule is CN=C(NCc1cccc(C)c1)N(C)CCOCC1CC1.I. The van der Waals surface area contributed by atoms with Crippen molar-refractivity contribution in [2.45, 2.75) is 26.3 Å². The first-order chi connectivity index (χ1) is 10.2. The Bertz CT molecular complexity index is 475. The highest BCUT2D eigenvalue weighted by Crippen LogP contribution is 2.28. The molecule has 1 aliphatic carbocycles. The molecular formula is C17H28IN3O. The summed E-state index contributed by atoms with van der Waals surface area (Å²) in [5, 5.41) is 3.40. The zero-order valence-electron chi connectivity index (χ0n) is 13.8. The van der Waals surface area contributed by atoms with Gasteiger partial charge in [0.15, 0.2) is 5.96 Å². The van der Waals surface area contributed by atoms with Crippen molar-refractivity contribution in [2.75, 3.05) is 33.9 Å². The van der Waals surface area contributed by atoms with Crippen LogP contribution in [0, 0.1) is 12.8 Å². The van der Waals surface area contributed by atoms with E-state index in [9.17, 15) is 0 Å². The van der Waals surface area contributed by atoms with Gasteiger partial charge in [0, 0.05) is 33.8 Å². The van der Waals surface area contributed by atoms with Crippen LogP contribution in [-0.4, -0.2) is 44.7 Å². The maximum absolute atomic E-state index is 5.68. The summed E-state index contributed by atoms with van der Waals surface area (Å²) in [7, 11) is 3.87. The van der Waals surface area contributed by atoms with Crippen molar-refractivity contribution in [1.29, 1.82) is 0 Å². The van der Waals surface area contributed by atoms with Crippen molar-refractivity contribution in [3.63, 3.8) is 0 Å². The fraction of sp³-hybridized carbons (Fsp3) is 0.588. The minimum Gasteiger partial charge on any atom is -0.379 e. The second kappa shape index (κ2) is 10.0. The number of guanidine groups is 1. The second-order valence-corrected chi connectivity index (χ2v) is 5.83. The van der Waals surface area contributed by atoms with Gasteiger partial charge in [-0.1, -0.05) is 29.8 Å². The lowest BCUT2D eigenvalue weighted by Gasteiger charge is -2.22. The molecule has 0 aliphatic heterocycles. The van der Waals surface area contributed by atoms with Gasteiger partial charge in [0.2, 0.25) is 0 Å². The van der Waals surface area contributed by atoms with E-state index in [1.807, 2.05) is 14.1 Å². The third-order valence-corrected chi connectivity index (χ3v) is 3.73. The summed E-state index contributed by atoms with van der Waals surface area (Å²) in [6.45, 7) is 5.45. The van der Waals surface area contributed by atoms with Crippen molar-refractivity contribution in [1.82, 2.24) is 10.2 Å². The van der Waals surface area contributed by atoms with Gasteiger partial charge in [-0.05, 0) is 31.2 Å². The summed E-state index contributed by atoms with van der Waals surface area (Å²) in [5.41, 5.74) is 2.56. The molecule has 2 rings (SSSR count). The Morgan fingerprint density at radius 2 is 2.18 bits per heavy atom. The molecule has 0 saturated heterocycles. The van der Waals surface area contributed by atoms with Gasteiger partial charge in [0.1, 0.15) is 0 Å². The number of aliphatic imine (C=N–C) groups is 1. The Balaban J connectivity index is 0.00000242. The predicted molar refractivity (Wildman–Crippen MR) is 103 cm³/mol. The van der Waals surface area contributed by atoms with Gasteiger partial charge in [-0.3, -0.25) is 4.99 Å². The molecule has 0 unspecified atom stereocenters. The van der Waals surface area contributed by atoms with Gasteiger partial charge >= 0.3 is 0 Å². The monoisotopic (exact) mass is 417 g/mol. The molecule has 1 fully saturated rings. The number of ether oxygens (including phenoxy) is 1. The quantitative estimate of drug-likeness (QED) is 0.321. The molecule has 22 heavy (non-hydrogen) atoms. The molecule has 4 nitrogen and oxygen atoms in total. The smallest absolute Gasteiger partial charge is 0.193 e. The summed E-state index contributed by atoms with van der Waals surface area (Å²) in [4.78, 5) is 6.44. The molecule has 0 spiro atoms. The van der Waals surface area contributed by atoms with Crippen LogP contribution in [0.4, 0.5) is 0 Å². The Morgan fingerprint density at radius 1 is 1.41 bits per heavy atom. The molecule has 1 saturated carbocycles. The van der Waals surface area contributed by atoms with Crippen molar-refractivity contribution < 1.29 is 4.74 Å². The average Bonchev–Trinajstić information content (AvgIpc) is 3.28. The summed E-state index contributed by atoms with van der Waals surface area (Å²) in [5.74, 6) is 1.74. The molecule has 1 N–H and O–H groups in total. The van der Waals surface area contributed by atoms with Crippen LogP contribution in [-0.2, 0) is 11.3 Å². The van der Waals surface area contributed by atoms with Crippen LogP contribution < -0.4 is 5.32 Å². The molecular weight excluding hydrogens is 389 g/mol. The van der Waals surface area contributed by atoms with Crippen molar-refractivity contribution >= 4 is 29.9 Å². The topological polar surface area (TPSA) is 36.9 Å². The highest BCUT2D eigenvalue weighted by atomic mass is 127. The van der Waals surface area contributed by atoms with E-state index in [0.717, 1.165) is 38.2 Å². The highest BCUT2D eigenvalue weighted by Gasteiger charge is 2.21. The van der Waals surface area contributed by atoms with E-state index < -0.39 is 0 Å². The van der Waals surface area contributed by atoms with E-state index in [0.29, 0.717) is 0 Å². The fourth-order valence-electron chi connectivity index (χ4n) is 2.23. The third kappa shape index (κ3) is 6.96. The zero-order chi connectivity index (χ0) is 15.1. The van der Waals surface area contributed by atoms with E-state index in [2.05, 4.69) is 46.4 Å². The lowest BCUT2D eigenvalue weighted by atomic mass is 10.1. The number of aryl methyl sites for hydroxylation is 1. The lowest BCUT2D eigenvalue weighted by molar-refractivity contribution is 0.115. The molecule has 0 aromatic heterocycles. The molecule has 0 atom stereocenters. The minimum atomic E-state index is 0. The van der Waals surface area contributed by atoms with Gasteiger partial charge in [-0.15, -0.1) is 24.0 Å². The molecule has 1 aliphatic rings. The number of benzene rings is 1. The normalized spacial score (nSPS) is 14.4. The first-order valence-electron chi connectivity index (χ1n) is 7.74. The third-order valence-electron chi connectivity index (χ3n) is 3.73. The predicted octanol–water partition coefficient (Wildman–Crippen LogP) is 3.05. The minimum absolute atomic E-state index is 0. The van der Waals surface area contributed by atoms with Gasteiger partial charge < -0.3 is 15.0 Å². The van der Waals surface area contributed by atoms with Crippen molar-refractivity contribution in [2.24, 2.45) is 10.9 Å². The first kappa shape index (κ1) is 19.2. The summed E-state index contributed by atoms with van der Waals surface area (Å²) >= 11 is 0. The van der Waals surface area contributed by atoms with E-state index in [4.69, 9.17) is 4.74 Å². The fourth-order valence-corrected chi connectivity index (χ4v) is 2.23. The number of nitrogens with one attached hydrogen (secondary N) is 1. The Labute approximate surface area is 151 Å². The number of nitrogens with zero attached hydrogens (tertiary/aromatic N) is 2. The van der Waals surface area contributed by atoms with Crippen LogP contribution in [0.2, 0.25) is 0 Å². The summed E-state index contributed by atoms with van der Waals surface area (Å²) in [6.07, 6.45) is 2.69. The maximum Gasteiger partial charge on any atom is 0.193 e. The largest absolute Gasteiger partial charge is 0.379 e. The standard InChI is InChI=1S/C17H27N3O.HI/c1-14-5-4-6-16(11-14)12-19-17(18-2)20(3)9-10-21-13-15-7-8-15;/h4-6,11,15H,7-10,12-13H2,1-3H3,(H,18,19);1H. The Morgan fingerprint density at radius 3 is 2.82 bits per heavy atom. The molecule has 0 amide bonds. The first-order valence-corrected chi connectivity index (χ1v) is 7.74. The summed E-state index contributed by atoms with van der Waals surface area (Å²) < 4.78 is 5.68. The van der Waals surface area contributed by atoms with Gasteiger partial charge in [-0.2, -0.15) is 0 Å². The van der Waals surface area contributed by atoms with Crippen LogP contribution >= 0.6 is 24.0 Å². The van der Waals surface area contributed by atoms with E-state index >= 15 is 0 Å². The Hall–Kier alpha value is -0.820. The molecule has 0 heterocycles. The van der Waals surface area contributed by atoms with E-state index in [1.165, 1.54) is 24.0 Å².